The molecule has 2 aromatic rings. The first-order valence-corrected chi connectivity index (χ1v) is 8.10. The Kier molecular flexibility index (Phi) is 19.3. The van der Waals surface area contributed by atoms with Gasteiger partial charge in [0, 0.05) is 0 Å². The van der Waals surface area contributed by atoms with E-state index >= 15 is 0 Å². The van der Waals surface area contributed by atoms with E-state index in [4.69, 9.17) is 0 Å². The molecule has 0 heterocycles. The number of unbranched alkanes of at least 4 members (excludes halogenated alkanes) is 2. The second-order valence-electron chi connectivity index (χ2n) is 5.80. The molecule has 0 spiro atoms. The molecular weight excluding hydrogens is 312 g/mol. The van der Waals surface area contributed by atoms with Crippen molar-refractivity contribution < 1.29 is 21.7 Å². The molecule has 0 amide bonds. The molecule has 0 aliphatic carbocycles. The Morgan fingerprint density at radius 3 is 1.30 bits per heavy atom. The predicted octanol–water partition coefficient (Wildman–Crippen LogP) is 7.01. The van der Waals surface area contributed by atoms with E-state index in [1.54, 1.807) is 0 Å². The average molecular weight is 348 g/mol. The van der Waals surface area contributed by atoms with E-state index < -0.39 is 0 Å². The van der Waals surface area contributed by atoms with Gasteiger partial charge < -0.3 is 14.9 Å². The van der Waals surface area contributed by atoms with Crippen LogP contribution in [0.5, 0.6) is 0 Å². The maximum atomic E-state index is 2.27. The van der Waals surface area contributed by atoms with Gasteiger partial charge in [-0.2, -0.15) is 46.5 Å². The molecule has 0 saturated heterocycles. The van der Waals surface area contributed by atoms with Crippen LogP contribution < -0.4 is 0 Å². The van der Waals surface area contributed by atoms with Gasteiger partial charge in [-0.15, -0.1) is 0 Å². The van der Waals surface area contributed by atoms with E-state index in [-0.39, 0.29) is 36.6 Å². The van der Waals surface area contributed by atoms with E-state index in [2.05, 4.69) is 64.1 Å². The zero-order valence-electron chi connectivity index (χ0n) is 16.2. The summed E-state index contributed by atoms with van der Waals surface area (Å²) in [6.07, 6.45) is 7.75. The summed E-state index contributed by atoms with van der Waals surface area (Å²) >= 11 is 0. The van der Waals surface area contributed by atoms with Gasteiger partial charge in [0.15, 0.2) is 0 Å². The first-order chi connectivity index (χ1) is 9.65. The molecule has 0 aliphatic heterocycles. The summed E-state index contributed by atoms with van der Waals surface area (Å²) in [6, 6.07) is 13.4. The summed E-state index contributed by atoms with van der Waals surface area (Å²) in [6.45, 7) is 8.76. The molecule has 0 unspecified atom stereocenters. The maximum absolute atomic E-state index is 2.27. The molecule has 0 aromatic heterocycles. The van der Waals surface area contributed by atoms with Gasteiger partial charge in [0.25, 0.3) is 0 Å². The van der Waals surface area contributed by atoms with Crippen LogP contribution >= 0.6 is 0 Å². The monoisotopic (exact) mass is 348 g/mol. The van der Waals surface area contributed by atoms with Crippen LogP contribution in [0.1, 0.15) is 61.8 Å². The van der Waals surface area contributed by atoms with Gasteiger partial charge in [0.05, 0.1) is 0 Å². The summed E-state index contributed by atoms with van der Waals surface area (Å²) in [5.74, 6) is 0. The van der Waals surface area contributed by atoms with Crippen molar-refractivity contribution in [1.29, 1.82) is 0 Å². The third kappa shape index (κ3) is 12.5. The van der Waals surface area contributed by atoms with E-state index in [0.717, 1.165) is 0 Å². The molecule has 0 bridgehead atoms. The Morgan fingerprint density at radius 2 is 1.09 bits per heavy atom. The number of aryl methyl sites for hydroxylation is 4. The molecule has 0 atom stereocenters. The maximum Gasteiger partial charge on any atom is 4.00 e. The van der Waals surface area contributed by atoms with Crippen LogP contribution in [0.15, 0.2) is 36.4 Å². The third-order valence-electron chi connectivity index (χ3n) is 3.58. The second-order valence-corrected chi connectivity index (χ2v) is 5.80. The van der Waals surface area contributed by atoms with Crippen molar-refractivity contribution in [3.63, 3.8) is 0 Å². The quantitative estimate of drug-likeness (QED) is 0.389. The molecule has 1 heteroatoms. The van der Waals surface area contributed by atoms with E-state index in [1.165, 1.54) is 60.8 Å². The van der Waals surface area contributed by atoms with Crippen LogP contribution in [-0.2, 0) is 34.6 Å². The normalized spacial score (nSPS) is 8.87. The Labute approximate surface area is 161 Å². The molecule has 0 fully saturated rings. The summed E-state index contributed by atoms with van der Waals surface area (Å²) < 4.78 is 0. The van der Waals surface area contributed by atoms with Gasteiger partial charge in [-0.3, -0.25) is 0 Å². The molecule has 2 rings (SSSR count). The molecule has 0 aliphatic rings. The molecule has 0 nitrogen and oxygen atoms in total. The van der Waals surface area contributed by atoms with E-state index in [0.29, 0.717) is 0 Å². The topological polar surface area (TPSA) is 0 Å². The smallest absolute Gasteiger partial charge is 0.358 e. The van der Waals surface area contributed by atoms with Gasteiger partial charge in [-0.25, -0.2) is 12.1 Å². The summed E-state index contributed by atoms with van der Waals surface area (Å²) in [5, 5.41) is 0. The minimum Gasteiger partial charge on any atom is -0.358 e. The van der Waals surface area contributed by atoms with Crippen LogP contribution in [0.3, 0.4) is 0 Å². The van der Waals surface area contributed by atoms with Crippen molar-refractivity contribution in [3.8, 4) is 0 Å². The zero-order valence-corrected chi connectivity index (χ0v) is 17.8. The van der Waals surface area contributed by atoms with Crippen molar-refractivity contribution in [1.82, 2.24) is 0 Å². The molecule has 0 N–H and O–H groups in total. The summed E-state index contributed by atoms with van der Waals surface area (Å²) in [5.41, 5.74) is 5.79. The first kappa shape index (κ1) is 27.3. The molecule has 23 heavy (non-hydrogen) atoms. The molecule has 2 aromatic carbocycles. The molecular formula is C22H36Ti. The largest absolute Gasteiger partial charge is 4.00 e. The Bertz CT molecular complexity index is 418. The van der Waals surface area contributed by atoms with Gasteiger partial charge in [0.1, 0.15) is 0 Å². The molecule has 0 radical (unpaired) electrons. The van der Waals surface area contributed by atoms with E-state index in [9.17, 15) is 0 Å². The first-order valence-electron chi connectivity index (χ1n) is 8.10. The fourth-order valence-electron chi connectivity index (χ4n) is 2.33. The third-order valence-corrected chi connectivity index (χ3v) is 3.58. The van der Waals surface area contributed by atoms with Gasteiger partial charge in [0.2, 0.25) is 0 Å². The van der Waals surface area contributed by atoms with Crippen LogP contribution in [0.2, 0.25) is 0 Å². The van der Waals surface area contributed by atoms with Crippen LogP contribution in [0.25, 0.3) is 0 Å². The summed E-state index contributed by atoms with van der Waals surface area (Å²) in [7, 11) is 0. The van der Waals surface area contributed by atoms with Crippen LogP contribution in [-0.4, -0.2) is 0 Å². The van der Waals surface area contributed by atoms with E-state index in [1.807, 2.05) is 0 Å². The Balaban J connectivity index is -0.000000308. The Hall–Kier alpha value is -0.586. The van der Waals surface area contributed by atoms with Crippen LogP contribution in [0, 0.1) is 28.7 Å². The molecule has 0 saturated carbocycles. The second kappa shape index (κ2) is 16.3. The average Bonchev–Trinajstić information content (AvgIpc) is 3.03. The number of hydrogen-bond acceptors (Lipinski definition) is 0. The van der Waals surface area contributed by atoms with Crippen molar-refractivity contribution in [2.75, 3.05) is 0 Å². The van der Waals surface area contributed by atoms with Crippen molar-refractivity contribution in [2.24, 2.45) is 0 Å². The summed E-state index contributed by atoms with van der Waals surface area (Å²) in [4.78, 5) is 0. The fourth-order valence-corrected chi connectivity index (χ4v) is 2.33. The predicted molar refractivity (Wildman–Crippen MR) is 104 cm³/mol. The van der Waals surface area contributed by atoms with Crippen molar-refractivity contribution in [2.45, 2.75) is 66.2 Å². The fraction of sp³-hybridized carbons (Fsp3) is 0.455. The van der Waals surface area contributed by atoms with Crippen molar-refractivity contribution >= 4 is 0 Å². The number of rotatable bonds is 6. The standard InChI is InChI=1S/2C10H15.2CH3.Ti/c2*1-3-4-5-10-7-6-9(2)8-10;;;/h2*6-8H,3-5H2,1-2H3;2*1H3;/q4*-1;+4. The zero-order chi connectivity index (χ0) is 14.8. The molecule has 128 valence electrons. The van der Waals surface area contributed by atoms with Gasteiger partial charge >= 0.3 is 21.7 Å². The minimum atomic E-state index is 0. The van der Waals surface area contributed by atoms with Gasteiger partial charge in [-0.05, 0) is 0 Å². The van der Waals surface area contributed by atoms with Crippen molar-refractivity contribution in [3.05, 3.63) is 73.5 Å². The SMILES string of the molecule is CCCCc1cc[c-](C)c1.CCCCc1cc[c-](C)c1.[CH3-].[CH3-].[Ti+4]. The van der Waals surface area contributed by atoms with Gasteiger partial charge in [-0.1, -0.05) is 66.2 Å². The Morgan fingerprint density at radius 1 is 0.739 bits per heavy atom. The minimum absolute atomic E-state index is 0. The van der Waals surface area contributed by atoms with Crippen LogP contribution in [0.4, 0.5) is 0 Å². The number of hydrogen-bond donors (Lipinski definition) is 0.